The van der Waals surface area contributed by atoms with E-state index in [1.807, 2.05) is 24.5 Å². The highest BCUT2D eigenvalue weighted by Gasteiger charge is 2.19. The van der Waals surface area contributed by atoms with Crippen LogP contribution in [0.2, 0.25) is 0 Å². The van der Waals surface area contributed by atoms with Gasteiger partial charge in [0.2, 0.25) is 0 Å². The third kappa shape index (κ3) is 4.05. The highest BCUT2D eigenvalue weighted by atomic mass is 16.3. The topological polar surface area (TPSA) is 42.4 Å². The first-order valence-electron chi connectivity index (χ1n) is 15.8. The van der Waals surface area contributed by atoms with E-state index in [-0.39, 0.29) is 0 Å². The van der Waals surface area contributed by atoms with Crippen molar-refractivity contribution in [2.45, 2.75) is 0 Å². The first-order chi connectivity index (χ1) is 23.3. The fourth-order valence-electron chi connectivity index (χ4n) is 7.06. The highest BCUT2D eigenvalue weighted by molar-refractivity contribution is 6.16. The average molecular weight is 603 g/mol. The van der Waals surface area contributed by atoms with E-state index in [4.69, 9.17) is 8.83 Å². The molecular formula is C43H26N2O2. The van der Waals surface area contributed by atoms with Gasteiger partial charge in [-0.1, -0.05) is 72.8 Å². The summed E-state index contributed by atoms with van der Waals surface area (Å²) in [6.45, 7) is 0. The van der Waals surface area contributed by atoms with Crippen LogP contribution in [0, 0.1) is 0 Å². The fourth-order valence-corrected chi connectivity index (χ4v) is 7.06. The lowest BCUT2D eigenvalue weighted by Gasteiger charge is -2.25. The van der Waals surface area contributed by atoms with Crippen LogP contribution in [0.25, 0.3) is 76.5 Å². The van der Waals surface area contributed by atoms with Gasteiger partial charge in [0.1, 0.15) is 22.3 Å². The molecule has 0 saturated heterocycles. The molecule has 47 heavy (non-hydrogen) atoms. The number of fused-ring (bicyclic) bond motifs is 10. The van der Waals surface area contributed by atoms with Crippen molar-refractivity contribution < 1.29 is 8.83 Å². The van der Waals surface area contributed by atoms with Gasteiger partial charge in [-0.25, -0.2) is 0 Å². The van der Waals surface area contributed by atoms with Crippen LogP contribution in [0.4, 0.5) is 17.1 Å². The Kier molecular flexibility index (Phi) is 5.54. The molecule has 4 heteroatoms. The van der Waals surface area contributed by atoms with Crippen molar-refractivity contribution in [1.29, 1.82) is 0 Å². The van der Waals surface area contributed by atoms with Gasteiger partial charge in [0.15, 0.2) is 0 Å². The Balaban J connectivity index is 1.17. The number of anilines is 3. The Morgan fingerprint density at radius 1 is 0.383 bits per heavy atom. The predicted molar refractivity (Wildman–Crippen MR) is 194 cm³/mol. The SMILES string of the molecule is c1ccc2c(c1)ccc1c3ccc(N(c4ccc(-c5ccncc5)cc4)c4ccc5c(c4)oc4c6ccccc6ccc54)cc3oc21. The summed E-state index contributed by atoms with van der Waals surface area (Å²) in [5.74, 6) is 0. The average Bonchev–Trinajstić information content (AvgIpc) is 3.71. The standard InChI is InChI=1S/C43H26N2O2/c1-3-7-34-29(5-1)11-17-38-36-19-15-32(25-40(36)46-42(34)38)45(31-13-9-27(10-14-31)28-21-23-44-24-22-28)33-16-20-37-39-18-12-30-6-2-4-8-35(30)43(39)47-41(37)26-33/h1-26H. The number of rotatable bonds is 4. The molecule has 0 aliphatic rings. The van der Waals surface area contributed by atoms with Gasteiger partial charge < -0.3 is 13.7 Å². The van der Waals surface area contributed by atoms with E-state index in [1.165, 1.54) is 10.8 Å². The summed E-state index contributed by atoms with van der Waals surface area (Å²) < 4.78 is 13.2. The van der Waals surface area contributed by atoms with Crippen molar-refractivity contribution in [3.05, 3.63) is 158 Å². The number of benzene rings is 7. The molecule has 0 aliphatic carbocycles. The minimum absolute atomic E-state index is 0.851. The van der Waals surface area contributed by atoms with Gasteiger partial charge in [0, 0.05) is 73.9 Å². The zero-order valence-electron chi connectivity index (χ0n) is 25.2. The molecule has 3 heterocycles. The molecule has 0 amide bonds. The zero-order valence-corrected chi connectivity index (χ0v) is 25.2. The van der Waals surface area contributed by atoms with Crippen LogP contribution in [-0.4, -0.2) is 4.98 Å². The second-order valence-electron chi connectivity index (χ2n) is 12.0. The summed E-state index contributed by atoms with van der Waals surface area (Å²) in [7, 11) is 0. The Morgan fingerprint density at radius 3 is 1.40 bits per heavy atom. The monoisotopic (exact) mass is 602 g/mol. The molecule has 0 aliphatic heterocycles. The maximum Gasteiger partial charge on any atom is 0.143 e. The lowest BCUT2D eigenvalue weighted by Crippen LogP contribution is -2.09. The number of nitrogens with zero attached hydrogens (tertiary/aromatic N) is 2. The first kappa shape index (κ1) is 25.9. The van der Waals surface area contributed by atoms with E-state index < -0.39 is 0 Å². The van der Waals surface area contributed by atoms with Crippen molar-refractivity contribution in [1.82, 2.24) is 4.98 Å². The van der Waals surface area contributed by atoms with Crippen molar-refractivity contribution in [2.75, 3.05) is 4.90 Å². The van der Waals surface area contributed by atoms with Gasteiger partial charge in [-0.05, 0) is 82.6 Å². The molecule has 0 spiro atoms. The molecule has 0 bridgehead atoms. The van der Waals surface area contributed by atoms with Gasteiger partial charge in [0.05, 0.1) is 0 Å². The van der Waals surface area contributed by atoms with Crippen LogP contribution in [-0.2, 0) is 0 Å². The molecule has 0 unspecified atom stereocenters. The van der Waals surface area contributed by atoms with E-state index in [1.54, 1.807) is 0 Å². The Morgan fingerprint density at radius 2 is 0.851 bits per heavy atom. The molecule has 0 radical (unpaired) electrons. The summed E-state index contributed by atoms with van der Waals surface area (Å²) in [6, 6.07) is 51.2. The van der Waals surface area contributed by atoms with Gasteiger partial charge in [0.25, 0.3) is 0 Å². The largest absolute Gasteiger partial charge is 0.455 e. The Bertz CT molecular complexity index is 2640. The lowest BCUT2D eigenvalue weighted by atomic mass is 10.0. The number of pyridine rings is 1. The minimum Gasteiger partial charge on any atom is -0.455 e. The molecule has 0 saturated carbocycles. The van der Waals surface area contributed by atoms with Crippen LogP contribution in [0.1, 0.15) is 0 Å². The number of aromatic nitrogens is 1. The van der Waals surface area contributed by atoms with E-state index in [0.29, 0.717) is 0 Å². The summed E-state index contributed by atoms with van der Waals surface area (Å²) >= 11 is 0. The van der Waals surface area contributed by atoms with Crippen LogP contribution in [0.15, 0.2) is 167 Å². The Hall–Kier alpha value is -6.39. The molecule has 0 fully saturated rings. The molecule has 7 aromatic carbocycles. The van der Waals surface area contributed by atoms with E-state index in [9.17, 15) is 0 Å². The summed E-state index contributed by atoms with van der Waals surface area (Å²) in [5, 5.41) is 9.01. The second kappa shape index (κ2) is 10.1. The molecule has 10 aromatic rings. The van der Waals surface area contributed by atoms with Crippen molar-refractivity contribution >= 4 is 82.5 Å². The maximum atomic E-state index is 6.61. The van der Waals surface area contributed by atoms with Gasteiger partial charge in [-0.15, -0.1) is 0 Å². The van der Waals surface area contributed by atoms with Crippen LogP contribution >= 0.6 is 0 Å². The normalized spacial score (nSPS) is 11.8. The van der Waals surface area contributed by atoms with E-state index in [0.717, 1.165) is 82.8 Å². The molecular weight excluding hydrogens is 576 g/mol. The molecule has 4 nitrogen and oxygen atoms in total. The van der Waals surface area contributed by atoms with Crippen LogP contribution in [0.3, 0.4) is 0 Å². The third-order valence-electron chi connectivity index (χ3n) is 9.35. The smallest absolute Gasteiger partial charge is 0.143 e. The molecule has 220 valence electrons. The molecule has 10 rings (SSSR count). The minimum atomic E-state index is 0.851. The van der Waals surface area contributed by atoms with Gasteiger partial charge in [-0.3, -0.25) is 4.98 Å². The molecule has 0 atom stereocenters. The van der Waals surface area contributed by atoms with Crippen molar-refractivity contribution in [2.24, 2.45) is 0 Å². The van der Waals surface area contributed by atoms with Crippen LogP contribution in [0.5, 0.6) is 0 Å². The quantitative estimate of drug-likeness (QED) is 0.201. The lowest BCUT2D eigenvalue weighted by molar-refractivity contribution is 0.672. The van der Waals surface area contributed by atoms with E-state index in [2.05, 4.69) is 143 Å². The third-order valence-corrected chi connectivity index (χ3v) is 9.35. The fraction of sp³-hybridized carbons (Fsp3) is 0. The van der Waals surface area contributed by atoms with Crippen molar-refractivity contribution in [3.8, 4) is 11.1 Å². The number of hydrogen-bond acceptors (Lipinski definition) is 4. The Labute approximate surface area is 269 Å². The number of hydrogen-bond donors (Lipinski definition) is 0. The highest BCUT2D eigenvalue weighted by Crippen LogP contribution is 2.42. The zero-order chi connectivity index (χ0) is 30.9. The maximum absolute atomic E-state index is 6.61. The molecule has 3 aromatic heterocycles. The van der Waals surface area contributed by atoms with E-state index >= 15 is 0 Å². The summed E-state index contributed by atoms with van der Waals surface area (Å²) in [6.07, 6.45) is 3.65. The predicted octanol–water partition coefficient (Wildman–Crippen LogP) is 12.3. The number of furan rings is 2. The molecule has 0 N–H and O–H groups in total. The second-order valence-corrected chi connectivity index (χ2v) is 12.0. The van der Waals surface area contributed by atoms with Crippen LogP contribution < -0.4 is 4.90 Å². The summed E-state index contributed by atoms with van der Waals surface area (Å²) in [4.78, 5) is 6.45. The summed E-state index contributed by atoms with van der Waals surface area (Å²) in [5.41, 5.74) is 8.83. The first-order valence-corrected chi connectivity index (χ1v) is 15.8. The van der Waals surface area contributed by atoms with Gasteiger partial charge in [-0.2, -0.15) is 0 Å². The van der Waals surface area contributed by atoms with Crippen molar-refractivity contribution in [3.63, 3.8) is 0 Å². The van der Waals surface area contributed by atoms with Gasteiger partial charge >= 0.3 is 0 Å².